The number of hydrogen-bond acceptors (Lipinski definition) is 6. The van der Waals surface area contributed by atoms with Crippen molar-refractivity contribution < 1.29 is 28.6 Å². The first-order chi connectivity index (χ1) is 27.0. The Balaban J connectivity index is 4.43. The SMILES string of the molecule is CC/C=C\C/C=C\C/C=C\C/C=C\C/C=C\CCCC(=O)OCC(COC(=O)CCCCCCCCCCC)OC(=O)CCCCCCCCCCCCC. The van der Waals surface area contributed by atoms with Gasteiger partial charge in [0.05, 0.1) is 0 Å². The molecular formula is C49H84O6. The highest BCUT2D eigenvalue weighted by atomic mass is 16.6. The predicted molar refractivity (Wildman–Crippen MR) is 233 cm³/mol. The molecule has 0 aliphatic heterocycles. The highest BCUT2D eigenvalue weighted by Gasteiger charge is 2.19. The Kier molecular flexibility index (Phi) is 41.5. The number of carbonyl (C=O) groups excluding carboxylic acids is 3. The Labute approximate surface area is 339 Å². The van der Waals surface area contributed by atoms with Crippen LogP contribution in [0.5, 0.6) is 0 Å². The number of hydrogen-bond donors (Lipinski definition) is 0. The summed E-state index contributed by atoms with van der Waals surface area (Å²) >= 11 is 0. The molecule has 0 saturated heterocycles. The van der Waals surface area contributed by atoms with Crippen LogP contribution in [0.4, 0.5) is 0 Å². The van der Waals surface area contributed by atoms with Crippen molar-refractivity contribution in [3.05, 3.63) is 60.8 Å². The molecule has 0 aromatic heterocycles. The molecule has 0 rings (SSSR count). The lowest BCUT2D eigenvalue weighted by atomic mass is 10.1. The molecule has 0 bridgehead atoms. The fourth-order valence-electron chi connectivity index (χ4n) is 6.12. The molecule has 0 aromatic carbocycles. The van der Waals surface area contributed by atoms with Gasteiger partial charge in [0.25, 0.3) is 0 Å². The first-order valence-electron chi connectivity index (χ1n) is 22.8. The minimum absolute atomic E-state index is 0.0897. The Hall–Kier alpha value is -2.89. The van der Waals surface area contributed by atoms with Crippen molar-refractivity contribution in [2.75, 3.05) is 13.2 Å². The molecule has 0 aliphatic rings. The van der Waals surface area contributed by atoms with Gasteiger partial charge >= 0.3 is 17.9 Å². The number of ether oxygens (including phenoxy) is 3. The number of esters is 3. The zero-order chi connectivity index (χ0) is 40.1. The third-order valence-corrected chi connectivity index (χ3v) is 9.54. The van der Waals surface area contributed by atoms with Crippen molar-refractivity contribution in [2.24, 2.45) is 0 Å². The van der Waals surface area contributed by atoms with E-state index in [2.05, 4.69) is 81.5 Å². The molecule has 316 valence electrons. The molecule has 0 aliphatic carbocycles. The summed E-state index contributed by atoms with van der Waals surface area (Å²) < 4.78 is 16.6. The molecule has 6 nitrogen and oxygen atoms in total. The molecule has 0 N–H and O–H groups in total. The van der Waals surface area contributed by atoms with Crippen molar-refractivity contribution in [3.8, 4) is 0 Å². The maximum atomic E-state index is 12.7. The summed E-state index contributed by atoms with van der Waals surface area (Å²) in [4.78, 5) is 37.6. The third kappa shape index (κ3) is 42.1. The van der Waals surface area contributed by atoms with Crippen LogP contribution in [-0.4, -0.2) is 37.2 Å². The van der Waals surface area contributed by atoms with Crippen molar-refractivity contribution in [2.45, 2.75) is 219 Å². The predicted octanol–water partition coefficient (Wildman–Crippen LogP) is 14.5. The average Bonchev–Trinajstić information content (AvgIpc) is 3.18. The Morgan fingerprint density at radius 1 is 0.382 bits per heavy atom. The quantitative estimate of drug-likeness (QED) is 0.0267. The summed E-state index contributed by atoms with van der Waals surface area (Å²) in [5, 5.41) is 0. The lowest BCUT2D eigenvalue weighted by Crippen LogP contribution is -2.30. The summed E-state index contributed by atoms with van der Waals surface area (Å²) in [7, 11) is 0. The van der Waals surface area contributed by atoms with Crippen LogP contribution in [0.1, 0.15) is 213 Å². The van der Waals surface area contributed by atoms with Gasteiger partial charge in [0, 0.05) is 19.3 Å². The monoisotopic (exact) mass is 769 g/mol. The summed E-state index contributed by atoms with van der Waals surface area (Å²) in [6.45, 7) is 6.43. The van der Waals surface area contributed by atoms with Gasteiger partial charge in [0.15, 0.2) is 6.10 Å². The average molecular weight is 769 g/mol. The Morgan fingerprint density at radius 2 is 0.709 bits per heavy atom. The summed E-state index contributed by atoms with van der Waals surface area (Å²) in [5.41, 5.74) is 0. The normalized spacial score (nSPS) is 12.6. The molecule has 0 saturated carbocycles. The largest absolute Gasteiger partial charge is 0.462 e. The van der Waals surface area contributed by atoms with E-state index in [-0.39, 0.29) is 37.5 Å². The molecule has 0 fully saturated rings. The molecule has 55 heavy (non-hydrogen) atoms. The van der Waals surface area contributed by atoms with E-state index in [0.717, 1.165) is 77.0 Å². The molecule has 0 aromatic rings. The van der Waals surface area contributed by atoms with E-state index in [1.165, 1.54) is 89.9 Å². The van der Waals surface area contributed by atoms with E-state index in [9.17, 15) is 14.4 Å². The van der Waals surface area contributed by atoms with E-state index in [1.807, 2.05) is 0 Å². The number of rotatable bonds is 40. The van der Waals surface area contributed by atoms with Crippen LogP contribution in [0.3, 0.4) is 0 Å². The van der Waals surface area contributed by atoms with Crippen LogP contribution in [0.25, 0.3) is 0 Å². The zero-order valence-electron chi connectivity index (χ0n) is 35.9. The van der Waals surface area contributed by atoms with Gasteiger partial charge in [0.1, 0.15) is 13.2 Å². The molecule has 1 atom stereocenters. The number of carbonyl (C=O) groups is 3. The highest BCUT2D eigenvalue weighted by molar-refractivity contribution is 5.71. The van der Waals surface area contributed by atoms with Crippen molar-refractivity contribution in [3.63, 3.8) is 0 Å². The van der Waals surface area contributed by atoms with Crippen LogP contribution >= 0.6 is 0 Å². The maximum Gasteiger partial charge on any atom is 0.306 e. The van der Waals surface area contributed by atoms with Crippen LogP contribution < -0.4 is 0 Å². The second kappa shape index (κ2) is 43.8. The molecule has 0 heterocycles. The highest BCUT2D eigenvalue weighted by Crippen LogP contribution is 2.14. The smallest absolute Gasteiger partial charge is 0.306 e. The van der Waals surface area contributed by atoms with Gasteiger partial charge < -0.3 is 14.2 Å². The second-order valence-electron chi connectivity index (χ2n) is 14.9. The van der Waals surface area contributed by atoms with E-state index in [1.54, 1.807) is 0 Å². The minimum Gasteiger partial charge on any atom is -0.462 e. The summed E-state index contributed by atoms with van der Waals surface area (Å²) in [6.07, 6.45) is 52.1. The third-order valence-electron chi connectivity index (χ3n) is 9.54. The Bertz CT molecular complexity index is 1020. The Morgan fingerprint density at radius 3 is 1.11 bits per heavy atom. The maximum absolute atomic E-state index is 12.7. The van der Waals surface area contributed by atoms with Gasteiger partial charge in [-0.2, -0.15) is 0 Å². The first kappa shape index (κ1) is 52.1. The van der Waals surface area contributed by atoms with Crippen LogP contribution in [-0.2, 0) is 28.6 Å². The first-order valence-corrected chi connectivity index (χ1v) is 22.8. The van der Waals surface area contributed by atoms with Gasteiger partial charge in [-0.15, -0.1) is 0 Å². The minimum atomic E-state index is -0.790. The van der Waals surface area contributed by atoms with Crippen LogP contribution in [0.15, 0.2) is 60.8 Å². The molecule has 0 radical (unpaired) electrons. The summed E-state index contributed by atoms with van der Waals surface area (Å²) in [5.74, 6) is -0.956. The topological polar surface area (TPSA) is 78.9 Å². The van der Waals surface area contributed by atoms with E-state index < -0.39 is 6.10 Å². The van der Waals surface area contributed by atoms with Crippen LogP contribution in [0, 0.1) is 0 Å². The lowest BCUT2D eigenvalue weighted by molar-refractivity contribution is -0.167. The lowest BCUT2D eigenvalue weighted by Gasteiger charge is -2.18. The number of allylic oxidation sites excluding steroid dienone is 10. The fraction of sp³-hybridized carbons (Fsp3) is 0.735. The number of unbranched alkanes of at least 4 members (excludes halogenated alkanes) is 19. The summed E-state index contributed by atoms with van der Waals surface area (Å²) in [6, 6.07) is 0. The van der Waals surface area contributed by atoms with E-state index in [0.29, 0.717) is 19.3 Å². The van der Waals surface area contributed by atoms with Crippen molar-refractivity contribution in [1.82, 2.24) is 0 Å². The zero-order valence-corrected chi connectivity index (χ0v) is 35.9. The molecule has 1 unspecified atom stereocenters. The van der Waals surface area contributed by atoms with Gasteiger partial charge in [0.2, 0.25) is 0 Å². The van der Waals surface area contributed by atoms with Crippen molar-refractivity contribution in [1.29, 1.82) is 0 Å². The van der Waals surface area contributed by atoms with E-state index in [4.69, 9.17) is 14.2 Å². The molecule has 0 spiro atoms. The van der Waals surface area contributed by atoms with Gasteiger partial charge in [-0.1, -0.05) is 197 Å². The molecule has 6 heteroatoms. The van der Waals surface area contributed by atoms with Gasteiger partial charge in [-0.3, -0.25) is 14.4 Å². The van der Waals surface area contributed by atoms with Gasteiger partial charge in [-0.05, 0) is 57.8 Å². The van der Waals surface area contributed by atoms with E-state index >= 15 is 0 Å². The fourth-order valence-corrected chi connectivity index (χ4v) is 6.12. The van der Waals surface area contributed by atoms with Crippen molar-refractivity contribution >= 4 is 17.9 Å². The van der Waals surface area contributed by atoms with Crippen LogP contribution in [0.2, 0.25) is 0 Å². The molecule has 0 amide bonds. The molecular weight excluding hydrogens is 685 g/mol. The standard InChI is InChI=1S/C49H84O6/c1-4-7-10-13-16-19-21-22-23-24-25-26-28-30-33-36-39-42-48(51)54-45-46(44-53-47(50)41-38-35-32-29-18-15-12-9-6-3)55-49(52)43-40-37-34-31-27-20-17-14-11-8-5-2/h7,10,16,19,22-23,25-26,30,33,46H,4-6,8-9,11-15,17-18,20-21,24,27-29,31-32,34-45H2,1-3H3/b10-7-,19-16-,23-22-,26-25-,33-30-. The van der Waals surface area contributed by atoms with Gasteiger partial charge in [-0.25, -0.2) is 0 Å². The second-order valence-corrected chi connectivity index (χ2v) is 14.9.